The number of rotatable bonds is 7. The third kappa shape index (κ3) is 6.18. The Bertz CT molecular complexity index is 390. The molecule has 0 saturated carbocycles. The van der Waals surface area contributed by atoms with Gasteiger partial charge in [0.05, 0.1) is 18.1 Å². The molecule has 0 unspecified atom stereocenters. The van der Waals surface area contributed by atoms with E-state index in [4.69, 9.17) is 0 Å². The summed E-state index contributed by atoms with van der Waals surface area (Å²) in [6.07, 6.45) is -0.703. The first-order valence-electron chi connectivity index (χ1n) is 6.68. The van der Waals surface area contributed by atoms with Gasteiger partial charge in [-0.3, -0.25) is 4.98 Å². The van der Waals surface area contributed by atoms with Crippen molar-refractivity contribution in [1.82, 2.24) is 15.3 Å². The number of anilines is 1. The van der Waals surface area contributed by atoms with Crippen molar-refractivity contribution in [3.8, 4) is 0 Å². The van der Waals surface area contributed by atoms with E-state index in [-0.39, 0.29) is 5.82 Å². The highest BCUT2D eigenvalue weighted by Gasteiger charge is 2.31. The summed E-state index contributed by atoms with van der Waals surface area (Å²) in [6, 6.07) is 0.318. The van der Waals surface area contributed by atoms with E-state index in [0.29, 0.717) is 31.2 Å². The van der Waals surface area contributed by atoms with Crippen molar-refractivity contribution in [2.75, 3.05) is 18.0 Å². The van der Waals surface area contributed by atoms with E-state index in [1.165, 1.54) is 17.3 Å². The monoisotopic (exact) mass is 290 g/mol. The van der Waals surface area contributed by atoms with Crippen LogP contribution in [0.4, 0.5) is 19.0 Å². The number of hydrogen-bond donors (Lipinski definition) is 1. The Balaban J connectivity index is 2.72. The van der Waals surface area contributed by atoms with Crippen LogP contribution in [-0.2, 0) is 6.54 Å². The van der Waals surface area contributed by atoms with Gasteiger partial charge in [-0.05, 0) is 6.42 Å². The molecule has 0 aromatic carbocycles. The Morgan fingerprint density at radius 2 is 1.95 bits per heavy atom. The second-order valence-corrected chi connectivity index (χ2v) is 4.94. The Labute approximate surface area is 117 Å². The molecule has 0 bridgehead atoms. The number of aromatic nitrogens is 2. The van der Waals surface area contributed by atoms with E-state index >= 15 is 0 Å². The maximum atomic E-state index is 12.5. The summed E-state index contributed by atoms with van der Waals surface area (Å²) in [5, 5.41) is 3.18. The molecule has 0 spiro atoms. The number of halogens is 3. The number of nitrogens with one attached hydrogen (secondary N) is 1. The predicted octanol–water partition coefficient (Wildman–Crippen LogP) is 2.75. The van der Waals surface area contributed by atoms with Gasteiger partial charge >= 0.3 is 6.18 Å². The van der Waals surface area contributed by atoms with Crippen LogP contribution in [0.2, 0.25) is 0 Å². The van der Waals surface area contributed by atoms with Crippen molar-refractivity contribution in [2.24, 2.45) is 0 Å². The lowest BCUT2D eigenvalue weighted by atomic mass is 10.3. The maximum absolute atomic E-state index is 12.5. The average molecular weight is 290 g/mol. The second-order valence-electron chi connectivity index (χ2n) is 4.94. The van der Waals surface area contributed by atoms with Crippen LogP contribution in [0.25, 0.3) is 0 Å². The van der Waals surface area contributed by atoms with Crippen LogP contribution in [0.3, 0.4) is 0 Å². The fraction of sp³-hybridized carbons (Fsp3) is 0.692. The van der Waals surface area contributed by atoms with E-state index in [2.05, 4.69) is 15.3 Å². The van der Waals surface area contributed by atoms with Gasteiger partial charge in [0.25, 0.3) is 0 Å². The van der Waals surface area contributed by atoms with Crippen molar-refractivity contribution in [2.45, 2.75) is 46.0 Å². The van der Waals surface area contributed by atoms with E-state index in [1.54, 1.807) is 0 Å². The highest BCUT2D eigenvalue weighted by atomic mass is 19.4. The zero-order chi connectivity index (χ0) is 15.2. The lowest BCUT2D eigenvalue weighted by molar-refractivity contribution is -0.119. The van der Waals surface area contributed by atoms with Crippen LogP contribution in [0.5, 0.6) is 0 Å². The van der Waals surface area contributed by atoms with Crippen LogP contribution in [0.15, 0.2) is 12.4 Å². The number of alkyl halides is 3. The summed E-state index contributed by atoms with van der Waals surface area (Å²) < 4.78 is 37.5. The molecule has 0 amide bonds. The molecule has 0 saturated heterocycles. The fourth-order valence-corrected chi connectivity index (χ4v) is 1.67. The Kier molecular flexibility index (Phi) is 6.19. The third-order valence-electron chi connectivity index (χ3n) is 2.57. The molecule has 0 fully saturated rings. The maximum Gasteiger partial charge on any atom is 0.405 e. The minimum absolute atomic E-state index is 0.262. The molecule has 4 nitrogen and oxygen atoms in total. The summed E-state index contributed by atoms with van der Waals surface area (Å²) in [7, 11) is 0. The normalized spacial score (nSPS) is 11.9. The third-order valence-corrected chi connectivity index (χ3v) is 2.57. The van der Waals surface area contributed by atoms with Gasteiger partial charge in [-0.2, -0.15) is 13.2 Å². The zero-order valence-electron chi connectivity index (χ0n) is 12.0. The summed E-state index contributed by atoms with van der Waals surface area (Å²) >= 11 is 0. The van der Waals surface area contributed by atoms with E-state index < -0.39 is 12.7 Å². The van der Waals surface area contributed by atoms with E-state index in [0.717, 1.165) is 0 Å². The van der Waals surface area contributed by atoms with Crippen LogP contribution >= 0.6 is 0 Å². The molecule has 0 radical (unpaired) electrons. The van der Waals surface area contributed by atoms with E-state index in [1.807, 2.05) is 20.8 Å². The van der Waals surface area contributed by atoms with Gasteiger partial charge in [-0.25, -0.2) is 4.98 Å². The van der Waals surface area contributed by atoms with Gasteiger partial charge in [-0.15, -0.1) is 0 Å². The Morgan fingerprint density at radius 3 is 2.40 bits per heavy atom. The lowest BCUT2D eigenvalue weighted by Crippen LogP contribution is -2.35. The standard InChI is InChI=1S/C13H21F3N4/c1-4-5-20(9-13(14,15)16)12-8-18-11(7-19-12)6-17-10(2)3/h7-8,10,17H,4-6,9H2,1-3H3. The molecule has 1 aromatic rings. The minimum atomic E-state index is -4.24. The van der Waals surface area contributed by atoms with E-state index in [9.17, 15) is 13.2 Å². The minimum Gasteiger partial charge on any atom is -0.346 e. The molecule has 1 heterocycles. The summed E-state index contributed by atoms with van der Waals surface area (Å²) in [6.45, 7) is 5.70. The Morgan fingerprint density at radius 1 is 1.25 bits per heavy atom. The molecule has 0 aliphatic carbocycles. The van der Waals surface area contributed by atoms with Gasteiger partial charge in [0.2, 0.25) is 0 Å². The van der Waals surface area contributed by atoms with Gasteiger partial charge in [0.15, 0.2) is 0 Å². The summed E-state index contributed by atoms with van der Waals surface area (Å²) in [5.74, 6) is 0.262. The molecule has 7 heteroatoms. The topological polar surface area (TPSA) is 41.1 Å². The summed E-state index contributed by atoms with van der Waals surface area (Å²) in [4.78, 5) is 9.43. The lowest BCUT2D eigenvalue weighted by Gasteiger charge is -2.24. The van der Waals surface area contributed by atoms with Gasteiger partial charge in [-0.1, -0.05) is 20.8 Å². The predicted molar refractivity (Wildman–Crippen MR) is 72.6 cm³/mol. The van der Waals surface area contributed by atoms with Crippen LogP contribution in [-0.4, -0.2) is 35.3 Å². The van der Waals surface area contributed by atoms with Crippen molar-refractivity contribution < 1.29 is 13.2 Å². The molecule has 0 aliphatic rings. The first-order chi connectivity index (χ1) is 9.31. The average Bonchev–Trinajstić information content (AvgIpc) is 2.35. The first-order valence-corrected chi connectivity index (χ1v) is 6.68. The molecule has 114 valence electrons. The van der Waals surface area contributed by atoms with Crippen molar-refractivity contribution in [1.29, 1.82) is 0 Å². The molecule has 1 aromatic heterocycles. The fourth-order valence-electron chi connectivity index (χ4n) is 1.67. The van der Waals surface area contributed by atoms with Crippen molar-refractivity contribution in [3.63, 3.8) is 0 Å². The Hall–Kier alpha value is -1.37. The molecule has 0 aliphatic heterocycles. The van der Waals surface area contributed by atoms with Gasteiger partial charge in [0.1, 0.15) is 12.4 Å². The molecule has 1 N–H and O–H groups in total. The van der Waals surface area contributed by atoms with Crippen LogP contribution < -0.4 is 10.2 Å². The van der Waals surface area contributed by atoms with Crippen molar-refractivity contribution >= 4 is 5.82 Å². The van der Waals surface area contributed by atoms with Crippen LogP contribution in [0.1, 0.15) is 32.9 Å². The highest BCUT2D eigenvalue weighted by molar-refractivity contribution is 5.36. The highest BCUT2D eigenvalue weighted by Crippen LogP contribution is 2.20. The molecule has 1 rings (SSSR count). The SMILES string of the molecule is CCCN(CC(F)(F)F)c1cnc(CNC(C)C)cn1. The smallest absolute Gasteiger partial charge is 0.346 e. The quantitative estimate of drug-likeness (QED) is 0.838. The van der Waals surface area contributed by atoms with Crippen molar-refractivity contribution in [3.05, 3.63) is 18.1 Å². The molecular weight excluding hydrogens is 269 g/mol. The van der Waals surface area contributed by atoms with Crippen LogP contribution in [0, 0.1) is 0 Å². The zero-order valence-corrected chi connectivity index (χ0v) is 12.0. The van der Waals surface area contributed by atoms with Gasteiger partial charge < -0.3 is 10.2 Å². The second kappa shape index (κ2) is 7.42. The largest absolute Gasteiger partial charge is 0.405 e. The summed E-state index contributed by atoms with van der Waals surface area (Å²) in [5.41, 5.74) is 0.714. The molecular formula is C13H21F3N4. The number of hydrogen-bond acceptors (Lipinski definition) is 4. The molecule has 20 heavy (non-hydrogen) atoms. The number of nitrogens with zero attached hydrogens (tertiary/aromatic N) is 3. The van der Waals surface area contributed by atoms with Gasteiger partial charge in [0, 0.05) is 19.1 Å². The first kappa shape index (κ1) is 16.7. The molecule has 0 atom stereocenters.